The van der Waals surface area contributed by atoms with Gasteiger partial charge >= 0.3 is 0 Å². The van der Waals surface area contributed by atoms with E-state index >= 15 is 0 Å². The topological polar surface area (TPSA) is 25.8 Å². The van der Waals surface area contributed by atoms with Crippen LogP contribution in [0.4, 0.5) is 4.39 Å². The van der Waals surface area contributed by atoms with Gasteiger partial charge in [0.05, 0.1) is 0 Å². The van der Waals surface area contributed by atoms with E-state index in [1.807, 2.05) is 6.07 Å². The van der Waals surface area contributed by atoms with Crippen molar-refractivity contribution in [3.8, 4) is 0 Å². The second kappa shape index (κ2) is 5.41. The van der Waals surface area contributed by atoms with Crippen LogP contribution in [-0.4, -0.2) is 9.97 Å². The molecule has 0 bridgehead atoms. The van der Waals surface area contributed by atoms with Crippen molar-refractivity contribution in [3.63, 3.8) is 0 Å². The average Bonchev–Trinajstić information content (AvgIpc) is 2.29. The Kier molecular flexibility index (Phi) is 3.90. The molecule has 0 unspecified atom stereocenters. The fraction of sp³-hybridized carbons (Fsp3) is 0.0909. The highest BCUT2D eigenvalue weighted by Crippen LogP contribution is 2.22. The van der Waals surface area contributed by atoms with E-state index in [4.69, 9.17) is 0 Å². The molecule has 82 valence electrons. The molecule has 1 heterocycles. The molecule has 2 rings (SSSR count). The van der Waals surface area contributed by atoms with Gasteiger partial charge in [0.1, 0.15) is 5.82 Å². The highest BCUT2D eigenvalue weighted by atomic mass is 79.9. The molecule has 0 aliphatic rings. The lowest BCUT2D eigenvalue weighted by molar-refractivity contribution is 0.616. The van der Waals surface area contributed by atoms with Crippen molar-refractivity contribution in [2.75, 3.05) is 0 Å². The number of hydrogen-bond donors (Lipinski definition) is 0. The van der Waals surface area contributed by atoms with Crippen LogP contribution in [0.1, 0.15) is 5.56 Å². The number of nitrogens with zero attached hydrogens (tertiary/aromatic N) is 2. The molecule has 0 N–H and O–H groups in total. The van der Waals surface area contributed by atoms with Crippen LogP contribution in [0.25, 0.3) is 0 Å². The monoisotopic (exact) mass is 298 g/mol. The Hall–Kier alpha value is -0.940. The van der Waals surface area contributed by atoms with Crippen molar-refractivity contribution in [3.05, 3.63) is 52.5 Å². The van der Waals surface area contributed by atoms with Gasteiger partial charge in [0, 0.05) is 22.6 Å². The van der Waals surface area contributed by atoms with Crippen LogP contribution in [-0.2, 0) is 5.75 Å². The van der Waals surface area contributed by atoms with Gasteiger partial charge in [-0.05, 0) is 23.8 Å². The molecule has 5 heteroatoms. The van der Waals surface area contributed by atoms with Crippen molar-refractivity contribution >= 4 is 27.7 Å². The quantitative estimate of drug-likeness (QED) is 0.639. The molecule has 16 heavy (non-hydrogen) atoms. The first-order valence-electron chi connectivity index (χ1n) is 4.59. The molecule has 0 radical (unpaired) electrons. The number of hydrogen-bond acceptors (Lipinski definition) is 3. The molecule has 0 atom stereocenters. The van der Waals surface area contributed by atoms with Crippen LogP contribution in [0, 0.1) is 5.82 Å². The van der Waals surface area contributed by atoms with E-state index < -0.39 is 0 Å². The van der Waals surface area contributed by atoms with Crippen molar-refractivity contribution < 1.29 is 4.39 Å². The third-order valence-corrected chi connectivity index (χ3v) is 3.33. The Balaban J connectivity index is 2.05. The number of aromatic nitrogens is 2. The van der Waals surface area contributed by atoms with Gasteiger partial charge in [-0.25, -0.2) is 14.4 Å². The molecule has 0 saturated heterocycles. The average molecular weight is 299 g/mol. The smallest absolute Gasteiger partial charge is 0.187 e. The molecule has 0 fully saturated rings. The van der Waals surface area contributed by atoms with Crippen LogP contribution < -0.4 is 0 Å². The first-order valence-corrected chi connectivity index (χ1v) is 6.37. The first kappa shape index (κ1) is 11.5. The molecule has 0 spiro atoms. The lowest BCUT2D eigenvalue weighted by Gasteiger charge is -2.02. The van der Waals surface area contributed by atoms with Gasteiger partial charge in [0.2, 0.25) is 0 Å². The van der Waals surface area contributed by atoms with E-state index in [9.17, 15) is 4.39 Å². The summed E-state index contributed by atoms with van der Waals surface area (Å²) in [6.45, 7) is 0. The van der Waals surface area contributed by atoms with Crippen LogP contribution in [0.3, 0.4) is 0 Å². The van der Waals surface area contributed by atoms with Gasteiger partial charge in [-0.3, -0.25) is 0 Å². The maximum absolute atomic E-state index is 13.5. The van der Waals surface area contributed by atoms with E-state index in [1.54, 1.807) is 24.5 Å². The summed E-state index contributed by atoms with van der Waals surface area (Å²) >= 11 is 4.64. The van der Waals surface area contributed by atoms with Gasteiger partial charge in [0.25, 0.3) is 0 Å². The molecule has 0 amide bonds. The third kappa shape index (κ3) is 3.02. The fourth-order valence-corrected chi connectivity index (χ4v) is 2.26. The zero-order valence-corrected chi connectivity index (χ0v) is 10.6. The van der Waals surface area contributed by atoms with E-state index in [1.165, 1.54) is 17.8 Å². The molecular weight excluding hydrogens is 291 g/mol. The highest BCUT2D eigenvalue weighted by molar-refractivity contribution is 9.10. The molecule has 0 saturated carbocycles. The van der Waals surface area contributed by atoms with Gasteiger partial charge in [-0.2, -0.15) is 0 Å². The third-order valence-electron chi connectivity index (χ3n) is 1.91. The zero-order chi connectivity index (χ0) is 11.4. The van der Waals surface area contributed by atoms with E-state index in [0.29, 0.717) is 16.5 Å². The van der Waals surface area contributed by atoms with Crippen molar-refractivity contribution in [2.24, 2.45) is 0 Å². The predicted octanol–water partition coefficient (Wildman–Crippen LogP) is 3.67. The minimum Gasteiger partial charge on any atom is -0.231 e. The molecule has 2 aromatic rings. The summed E-state index contributed by atoms with van der Waals surface area (Å²) in [6.07, 6.45) is 3.35. The minimum absolute atomic E-state index is 0.210. The lowest BCUT2D eigenvalue weighted by atomic mass is 10.2. The molecular formula is C11H8BrFN2S. The van der Waals surface area contributed by atoms with Gasteiger partial charge in [0.15, 0.2) is 5.16 Å². The largest absolute Gasteiger partial charge is 0.231 e. The normalized spacial score (nSPS) is 10.4. The molecule has 0 aliphatic carbocycles. The van der Waals surface area contributed by atoms with Crippen LogP contribution in [0.2, 0.25) is 0 Å². The zero-order valence-electron chi connectivity index (χ0n) is 8.23. The Morgan fingerprint density at radius 3 is 2.69 bits per heavy atom. The summed E-state index contributed by atoms with van der Waals surface area (Å²) in [6, 6.07) is 6.80. The molecule has 2 nitrogen and oxygen atoms in total. The van der Waals surface area contributed by atoms with E-state index in [-0.39, 0.29) is 5.82 Å². The summed E-state index contributed by atoms with van der Waals surface area (Å²) in [5.41, 5.74) is 0.653. The van der Waals surface area contributed by atoms with Crippen LogP contribution in [0.5, 0.6) is 0 Å². The lowest BCUT2D eigenvalue weighted by Crippen LogP contribution is -1.89. The Morgan fingerprint density at radius 2 is 2.00 bits per heavy atom. The fourth-order valence-electron chi connectivity index (χ4n) is 1.14. The molecule has 0 aliphatic heterocycles. The highest BCUT2D eigenvalue weighted by Gasteiger charge is 2.04. The van der Waals surface area contributed by atoms with Crippen LogP contribution >= 0.6 is 27.7 Å². The second-order valence-electron chi connectivity index (χ2n) is 3.06. The molecule has 1 aromatic heterocycles. The predicted molar refractivity (Wildman–Crippen MR) is 65.7 cm³/mol. The standard InChI is InChI=1S/C11H8BrFN2S/c12-9-3-2-8(10(13)6-9)7-16-11-14-4-1-5-15-11/h1-6H,7H2. The Bertz CT molecular complexity index is 479. The second-order valence-corrected chi connectivity index (χ2v) is 4.91. The summed E-state index contributed by atoms with van der Waals surface area (Å²) in [5, 5.41) is 0.657. The van der Waals surface area contributed by atoms with Gasteiger partial charge < -0.3 is 0 Å². The van der Waals surface area contributed by atoms with E-state index in [0.717, 1.165) is 4.47 Å². The first-order chi connectivity index (χ1) is 7.75. The SMILES string of the molecule is Fc1cc(Br)ccc1CSc1ncccn1. The van der Waals surface area contributed by atoms with Crippen molar-refractivity contribution in [2.45, 2.75) is 10.9 Å². The summed E-state index contributed by atoms with van der Waals surface area (Å²) < 4.78 is 14.2. The van der Waals surface area contributed by atoms with Gasteiger partial charge in [-0.15, -0.1) is 0 Å². The number of benzene rings is 1. The maximum atomic E-state index is 13.5. The van der Waals surface area contributed by atoms with Crippen LogP contribution in [0.15, 0.2) is 46.3 Å². The number of halogens is 2. The number of rotatable bonds is 3. The Morgan fingerprint density at radius 1 is 1.25 bits per heavy atom. The Labute approximate surface area is 105 Å². The van der Waals surface area contributed by atoms with Crippen molar-refractivity contribution in [1.29, 1.82) is 0 Å². The summed E-state index contributed by atoms with van der Waals surface area (Å²) in [5.74, 6) is 0.321. The van der Waals surface area contributed by atoms with Crippen molar-refractivity contribution in [1.82, 2.24) is 9.97 Å². The van der Waals surface area contributed by atoms with Gasteiger partial charge in [-0.1, -0.05) is 33.8 Å². The minimum atomic E-state index is -0.210. The van der Waals surface area contributed by atoms with E-state index in [2.05, 4.69) is 25.9 Å². The summed E-state index contributed by atoms with van der Waals surface area (Å²) in [4.78, 5) is 8.12. The number of thioether (sulfide) groups is 1. The maximum Gasteiger partial charge on any atom is 0.187 e. The molecule has 1 aromatic carbocycles. The summed E-state index contributed by atoms with van der Waals surface area (Å²) in [7, 11) is 0.